The predicted molar refractivity (Wildman–Crippen MR) is 68.3 cm³/mol. The molecule has 1 aliphatic rings. The van der Waals surface area contributed by atoms with Gasteiger partial charge in [-0.25, -0.2) is 0 Å². The average molecular weight is 254 g/mol. The van der Waals surface area contributed by atoms with Crippen molar-refractivity contribution in [1.82, 2.24) is 0 Å². The smallest absolute Gasteiger partial charge is 0.310 e. The molecule has 0 saturated carbocycles. The zero-order chi connectivity index (χ0) is 13.9. The van der Waals surface area contributed by atoms with Crippen LogP contribution in [0.15, 0.2) is 11.1 Å². The van der Waals surface area contributed by atoms with E-state index in [0.717, 1.165) is 24.0 Å². The van der Waals surface area contributed by atoms with Gasteiger partial charge in [0.2, 0.25) is 0 Å². The number of rotatable bonds is 5. The molecule has 0 spiro atoms. The number of carboxylic acids is 2. The normalized spacial score (nSPS) is 28.3. The lowest BCUT2D eigenvalue weighted by atomic mass is 9.62. The molecule has 1 aliphatic carbocycles. The Kier molecular flexibility index (Phi) is 4.54. The molecule has 0 fully saturated rings. The third-order valence-electron chi connectivity index (χ3n) is 4.19. The van der Waals surface area contributed by atoms with Crippen LogP contribution in [0, 0.1) is 11.3 Å². The maximum atomic E-state index is 11.7. The fourth-order valence-corrected chi connectivity index (χ4v) is 2.83. The molecule has 4 nitrogen and oxygen atoms in total. The molecule has 4 heteroatoms. The van der Waals surface area contributed by atoms with Crippen LogP contribution in [0.3, 0.4) is 0 Å². The third-order valence-corrected chi connectivity index (χ3v) is 4.19. The highest BCUT2D eigenvalue weighted by molar-refractivity contribution is 5.84. The van der Waals surface area contributed by atoms with Gasteiger partial charge in [0.25, 0.3) is 0 Å². The van der Waals surface area contributed by atoms with Gasteiger partial charge in [-0.15, -0.1) is 0 Å². The van der Waals surface area contributed by atoms with E-state index in [-0.39, 0.29) is 0 Å². The number of carboxylic acid groups (broad SMARTS) is 2. The molecule has 0 bridgehead atoms. The number of hydrogen-bond acceptors (Lipinski definition) is 2. The highest BCUT2D eigenvalue weighted by atomic mass is 16.4. The number of unbranched alkanes of at least 4 members (excludes halogenated alkanes) is 1. The first-order chi connectivity index (χ1) is 8.35. The maximum absolute atomic E-state index is 11.7. The Morgan fingerprint density at radius 2 is 1.89 bits per heavy atom. The number of aliphatic carboxylic acids is 2. The molecule has 0 radical (unpaired) electrons. The summed E-state index contributed by atoms with van der Waals surface area (Å²) in [6.45, 7) is 5.80. The Bertz CT molecular complexity index is 383. The van der Waals surface area contributed by atoms with Crippen molar-refractivity contribution in [3.63, 3.8) is 0 Å². The summed E-state index contributed by atoms with van der Waals surface area (Å²) in [5, 5.41) is 18.9. The Morgan fingerprint density at radius 3 is 2.33 bits per heavy atom. The van der Waals surface area contributed by atoms with Gasteiger partial charge < -0.3 is 10.2 Å². The first-order valence-electron chi connectivity index (χ1n) is 6.46. The molecular weight excluding hydrogens is 232 g/mol. The second-order valence-electron chi connectivity index (χ2n) is 5.40. The van der Waals surface area contributed by atoms with Crippen LogP contribution in [-0.4, -0.2) is 22.2 Å². The van der Waals surface area contributed by atoms with Gasteiger partial charge in [-0.3, -0.25) is 9.59 Å². The van der Waals surface area contributed by atoms with Crippen molar-refractivity contribution < 1.29 is 19.8 Å². The van der Waals surface area contributed by atoms with Gasteiger partial charge in [0.15, 0.2) is 0 Å². The van der Waals surface area contributed by atoms with E-state index in [0.29, 0.717) is 19.3 Å². The van der Waals surface area contributed by atoms with E-state index >= 15 is 0 Å². The second kappa shape index (κ2) is 5.55. The van der Waals surface area contributed by atoms with E-state index in [4.69, 9.17) is 0 Å². The minimum atomic E-state index is -1.12. The molecule has 0 saturated heterocycles. The molecule has 1 rings (SSSR count). The highest BCUT2D eigenvalue weighted by Crippen LogP contribution is 2.47. The minimum Gasteiger partial charge on any atom is -0.481 e. The van der Waals surface area contributed by atoms with Crippen molar-refractivity contribution in [2.75, 3.05) is 0 Å². The summed E-state index contributed by atoms with van der Waals surface area (Å²) in [5.41, 5.74) is 0.938. The molecule has 0 amide bonds. The van der Waals surface area contributed by atoms with Crippen LogP contribution in [0.4, 0.5) is 0 Å². The van der Waals surface area contributed by atoms with Gasteiger partial charge in [0.1, 0.15) is 0 Å². The molecule has 0 aliphatic heterocycles. The molecule has 0 aromatic heterocycles. The van der Waals surface area contributed by atoms with E-state index in [1.54, 1.807) is 0 Å². The van der Waals surface area contributed by atoms with E-state index < -0.39 is 23.3 Å². The molecule has 2 N–H and O–H groups in total. The van der Waals surface area contributed by atoms with Gasteiger partial charge in [0.05, 0.1) is 11.3 Å². The van der Waals surface area contributed by atoms with Crippen molar-refractivity contribution in [3.05, 3.63) is 11.1 Å². The van der Waals surface area contributed by atoms with Crippen molar-refractivity contribution in [2.24, 2.45) is 11.3 Å². The van der Waals surface area contributed by atoms with Crippen molar-refractivity contribution in [3.8, 4) is 0 Å². The summed E-state index contributed by atoms with van der Waals surface area (Å²) in [6, 6.07) is 0. The van der Waals surface area contributed by atoms with Crippen molar-refractivity contribution >= 4 is 11.9 Å². The second-order valence-corrected chi connectivity index (χ2v) is 5.40. The fraction of sp³-hybridized carbons (Fsp3) is 0.714. The van der Waals surface area contributed by atoms with Crippen LogP contribution >= 0.6 is 0 Å². The molecule has 18 heavy (non-hydrogen) atoms. The monoisotopic (exact) mass is 254 g/mol. The number of allylic oxidation sites excluding steroid dienone is 2. The van der Waals surface area contributed by atoms with Crippen LogP contribution in [0.25, 0.3) is 0 Å². The minimum absolute atomic E-state index is 0.358. The third kappa shape index (κ3) is 2.57. The predicted octanol–water partition coefficient (Wildman–Crippen LogP) is 3.08. The fourth-order valence-electron chi connectivity index (χ4n) is 2.83. The molecule has 2 atom stereocenters. The van der Waals surface area contributed by atoms with Gasteiger partial charge in [0, 0.05) is 0 Å². The SMILES string of the molecule is CCCC[C@]1(C(=O)O)CC(C)=C(C)C[C@@H]1C(=O)O. The quantitative estimate of drug-likeness (QED) is 0.739. The summed E-state index contributed by atoms with van der Waals surface area (Å²) in [5.74, 6) is -2.75. The van der Waals surface area contributed by atoms with E-state index in [2.05, 4.69) is 0 Å². The first-order valence-corrected chi connectivity index (χ1v) is 6.46. The van der Waals surface area contributed by atoms with Gasteiger partial charge in [-0.1, -0.05) is 30.9 Å². The van der Waals surface area contributed by atoms with Gasteiger partial charge in [-0.05, 0) is 33.1 Å². The topological polar surface area (TPSA) is 74.6 Å². The zero-order valence-electron chi connectivity index (χ0n) is 11.3. The van der Waals surface area contributed by atoms with Crippen molar-refractivity contribution in [2.45, 2.75) is 52.9 Å². The Morgan fingerprint density at radius 1 is 1.28 bits per heavy atom. The van der Waals surface area contributed by atoms with E-state index in [1.165, 1.54) is 0 Å². The summed E-state index contributed by atoms with van der Waals surface area (Å²) in [7, 11) is 0. The van der Waals surface area contributed by atoms with E-state index in [1.807, 2.05) is 20.8 Å². The molecule has 102 valence electrons. The standard InChI is InChI=1S/C14H22O4/c1-4-5-6-14(13(17)18)8-10(3)9(2)7-11(14)12(15)16/h11H,4-8H2,1-3H3,(H,15,16)(H,17,18)/t11-,14+/m1/s1. The summed E-state index contributed by atoms with van der Waals surface area (Å²) in [6.07, 6.45) is 2.80. The Balaban J connectivity index is 3.18. The number of carbonyl (C=O) groups is 2. The summed E-state index contributed by atoms with van der Waals surface area (Å²) < 4.78 is 0. The summed E-state index contributed by atoms with van der Waals surface area (Å²) in [4.78, 5) is 23.1. The van der Waals surface area contributed by atoms with Crippen LogP contribution in [0.1, 0.15) is 52.9 Å². The molecule has 0 unspecified atom stereocenters. The number of hydrogen-bond donors (Lipinski definition) is 2. The largest absolute Gasteiger partial charge is 0.481 e. The van der Waals surface area contributed by atoms with Crippen molar-refractivity contribution in [1.29, 1.82) is 0 Å². The molecular formula is C14H22O4. The molecule has 0 heterocycles. The molecule has 0 aromatic carbocycles. The Hall–Kier alpha value is -1.32. The lowest BCUT2D eigenvalue weighted by Gasteiger charge is -2.39. The van der Waals surface area contributed by atoms with Gasteiger partial charge >= 0.3 is 11.9 Å². The lowest BCUT2D eigenvalue weighted by molar-refractivity contribution is -0.164. The van der Waals surface area contributed by atoms with Crippen LogP contribution in [0.5, 0.6) is 0 Å². The average Bonchev–Trinajstić information content (AvgIpc) is 2.29. The maximum Gasteiger partial charge on any atom is 0.310 e. The zero-order valence-corrected chi connectivity index (χ0v) is 11.3. The van der Waals surface area contributed by atoms with Gasteiger partial charge in [-0.2, -0.15) is 0 Å². The first kappa shape index (κ1) is 14.7. The van der Waals surface area contributed by atoms with E-state index in [9.17, 15) is 19.8 Å². The van der Waals surface area contributed by atoms with Crippen LogP contribution in [0.2, 0.25) is 0 Å². The Labute approximate surface area is 108 Å². The lowest BCUT2D eigenvalue weighted by Crippen LogP contribution is -2.45. The van der Waals surface area contributed by atoms with Crippen LogP contribution in [-0.2, 0) is 9.59 Å². The molecule has 0 aromatic rings. The van der Waals surface area contributed by atoms with Crippen LogP contribution < -0.4 is 0 Å². The summed E-state index contributed by atoms with van der Waals surface area (Å²) >= 11 is 0. The highest BCUT2D eigenvalue weighted by Gasteiger charge is 2.51.